The summed E-state index contributed by atoms with van der Waals surface area (Å²) in [4.78, 5) is 10.4. The van der Waals surface area contributed by atoms with E-state index in [2.05, 4.69) is 4.72 Å². The number of carboxylic acids is 1. The fraction of sp³-hybridized carbons (Fsp3) is 0.889. The molecule has 0 spiro atoms. The van der Waals surface area contributed by atoms with Crippen LogP contribution in [0, 0.1) is 0 Å². The Kier molecular flexibility index (Phi) is 4.87. The molecule has 1 unspecified atom stereocenters. The van der Waals surface area contributed by atoms with Gasteiger partial charge in [0.05, 0.1) is 0 Å². The first-order chi connectivity index (χ1) is 7.84. The fourth-order valence-corrected chi connectivity index (χ4v) is 3.27. The number of aliphatic hydroxyl groups is 1. The van der Waals surface area contributed by atoms with Gasteiger partial charge in [0.25, 0.3) is 10.2 Å². The van der Waals surface area contributed by atoms with Crippen LogP contribution in [0.15, 0.2) is 0 Å². The van der Waals surface area contributed by atoms with Crippen LogP contribution in [0.4, 0.5) is 0 Å². The number of aliphatic carboxylic acids is 1. The first-order valence-corrected chi connectivity index (χ1v) is 6.96. The van der Waals surface area contributed by atoms with E-state index < -0.39 is 28.8 Å². The molecular weight excluding hydrogens is 248 g/mol. The molecule has 2 atom stereocenters. The average molecular weight is 266 g/mol. The lowest BCUT2D eigenvalue weighted by atomic mass is 10.1. The monoisotopic (exact) mass is 266 g/mol. The highest BCUT2D eigenvalue weighted by molar-refractivity contribution is 7.87. The van der Waals surface area contributed by atoms with Gasteiger partial charge in [0.1, 0.15) is 0 Å². The quantitative estimate of drug-likeness (QED) is 0.600. The highest BCUT2D eigenvalue weighted by Gasteiger charge is 2.30. The predicted molar refractivity (Wildman–Crippen MR) is 60.6 cm³/mol. The Labute approximate surface area is 101 Å². The van der Waals surface area contributed by atoms with Crippen molar-refractivity contribution in [3.8, 4) is 0 Å². The largest absolute Gasteiger partial charge is 0.479 e. The van der Waals surface area contributed by atoms with Crippen LogP contribution >= 0.6 is 0 Å². The second kappa shape index (κ2) is 5.76. The van der Waals surface area contributed by atoms with E-state index in [1.165, 1.54) is 4.31 Å². The molecule has 1 aliphatic rings. The molecule has 1 saturated heterocycles. The molecule has 1 fully saturated rings. The number of carbonyl (C=O) groups is 1. The standard InChI is InChI=1S/C9H18N2O5S/c1-7-4-2-3-5-11(7)17(15,16)10-6-8(12)9(13)14/h7-8,10,12H,2-6H2,1H3,(H,13,14)/t7?,8-/m0/s1. The number of nitrogens with one attached hydrogen (secondary N) is 1. The second-order valence-corrected chi connectivity index (χ2v) is 5.87. The predicted octanol–water partition coefficient (Wildman–Crippen LogP) is -0.859. The Balaban J connectivity index is 2.58. The molecule has 0 aliphatic carbocycles. The minimum Gasteiger partial charge on any atom is -0.479 e. The normalized spacial score (nSPS) is 24.5. The summed E-state index contributed by atoms with van der Waals surface area (Å²) in [5.74, 6) is -1.45. The topological polar surface area (TPSA) is 107 Å². The molecule has 1 aliphatic heterocycles. The third kappa shape index (κ3) is 3.91. The highest BCUT2D eigenvalue weighted by atomic mass is 32.2. The van der Waals surface area contributed by atoms with E-state index in [9.17, 15) is 13.2 Å². The van der Waals surface area contributed by atoms with Gasteiger partial charge in [-0.15, -0.1) is 0 Å². The summed E-state index contributed by atoms with van der Waals surface area (Å²) in [5, 5.41) is 17.5. The van der Waals surface area contributed by atoms with Crippen LogP contribution in [-0.4, -0.2) is 54.1 Å². The zero-order valence-electron chi connectivity index (χ0n) is 9.66. The molecule has 17 heavy (non-hydrogen) atoms. The lowest BCUT2D eigenvalue weighted by molar-refractivity contribution is -0.146. The van der Waals surface area contributed by atoms with E-state index in [4.69, 9.17) is 10.2 Å². The Bertz CT molecular complexity index is 370. The summed E-state index contributed by atoms with van der Waals surface area (Å²) in [6.45, 7) is 1.73. The van der Waals surface area contributed by atoms with Crippen molar-refractivity contribution < 1.29 is 23.4 Å². The van der Waals surface area contributed by atoms with Crippen molar-refractivity contribution in [3.05, 3.63) is 0 Å². The van der Waals surface area contributed by atoms with Gasteiger partial charge < -0.3 is 10.2 Å². The third-order valence-electron chi connectivity index (χ3n) is 2.79. The van der Waals surface area contributed by atoms with Crippen molar-refractivity contribution in [2.75, 3.05) is 13.1 Å². The summed E-state index contributed by atoms with van der Waals surface area (Å²) in [7, 11) is -3.70. The van der Waals surface area contributed by atoms with Gasteiger partial charge in [0.15, 0.2) is 6.10 Å². The number of nitrogens with zero attached hydrogens (tertiary/aromatic N) is 1. The van der Waals surface area contributed by atoms with Crippen LogP contribution in [0.2, 0.25) is 0 Å². The second-order valence-electron chi connectivity index (χ2n) is 4.16. The maximum Gasteiger partial charge on any atom is 0.333 e. The lowest BCUT2D eigenvalue weighted by Gasteiger charge is -2.32. The van der Waals surface area contributed by atoms with Crippen LogP contribution < -0.4 is 4.72 Å². The van der Waals surface area contributed by atoms with Gasteiger partial charge in [0, 0.05) is 19.1 Å². The molecular formula is C9H18N2O5S. The molecule has 0 aromatic heterocycles. The molecule has 0 saturated carbocycles. The molecule has 1 heterocycles. The van der Waals surface area contributed by atoms with Crippen molar-refractivity contribution in [3.63, 3.8) is 0 Å². The van der Waals surface area contributed by atoms with E-state index in [1.807, 2.05) is 6.92 Å². The first-order valence-electron chi connectivity index (χ1n) is 5.52. The van der Waals surface area contributed by atoms with Crippen LogP contribution in [0.1, 0.15) is 26.2 Å². The fourth-order valence-electron chi connectivity index (χ4n) is 1.78. The highest BCUT2D eigenvalue weighted by Crippen LogP contribution is 2.18. The van der Waals surface area contributed by atoms with E-state index in [-0.39, 0.29) is 6.04 Å². The molecule has 0 radical (unpaired) electrons. The zero-order valence-corrected chi connectivity index (χ0v) is 10.5. The summed E-state index contributed by atoms with van der Waals surface area (Å²) < 4.78 is 27.1. The van der Waals surface area contributed by atoms with Gasteiger partial charge >= 0.3 is 5.97 Å². The first kappa shape index (κ1) is 14.4. The maximum atomic E-state index is 11.8. The van der Waals surface area contributed by atoms with Crippen molar-refractivity contribution in [1.82, 2.24) is 9.03 Å². The number of aliphatic hydroxyl groups excluding tert-OH is 1. The van der Waals surface area contributed by atoms with Crippen molar-refractivity contribution in [2.24, 2.45) is 0 Å². The maximum absolute atomic E-state index is 11.8. The van der Waals surface area contributed by atoms with Crippen LogP contribution in [0.25, 0.3) is 0 Å². The number of hydrogen-bond donors (Lipinski definition) is 3. The van der Waals surface area contributed by atoms with Crippen molar-refractivity contribution >= 4 is 16.2 Å². The summed E-state index contributed by atoms with van der Waals surface area (Å²) in [5.41, 5.74) is 0. The molecule has 0 aromatic carbocycles. The van der Waals surface area contributed by atoms with E-state index in [1.54, 1.807) is 0 Å². The van der Waals surface area contributed by atoms with Crippen LogP contribution in [-0.2, 0) is 15.0 Å². The minimum atomic E-state index is -3.70. The van der Waals surface area contributed by atoms with Gasteiger partial charge in [-0.3, -0.25) is 0 Å². The SMILES string of the molecule is CC1CCCCN1S(=O)(=O)NC[C@H](O)C(=O)O. The Morgan fingerprint density at radius 3 is 2.71 bits per heavy atom. The van der Waals surface area contributed by atoms with Gasteiger partial charge in [-0.05, 0) is 19.8 Å². The average Bonchev–Trinajstić information content (AvgIpc) is 2.26. The number of rotatable bonds is 5. The van der Waals surface area contributed by atoms with Crippen molar-refractivity contribution in [2.45, 2.75) is 38.3 Å². The van der Waals surface area contributed by atoms with Gasteiger partial charge in [-0.25, -0.2) is 4.79 Å². The van der Waals surface area contributed by atoms with Gasteiger partial charge in [-0.1, -0.05) is 6.42 Å². The molecule has 0 aromatic rings. The summed E-state index contributed by atoms with van der Waals surface area (Å²) >= 11 is 0. The Hall–Kier alpha value is -0.700. The van der Waals surface area contributed by atoms with Crippen molar-refractivity contribution in [1.29, 1.82) is 0 Å². The Morgan fingerprint density at radius 2 is 2.18 bits per heavy atom. The lowest BCUT2D eigenvalue weighted by Crippen LogP contribution is -2.50. The molecule has 0 bridgehead atoms. The minimum absolute atomic E-state index is 0.0942. The van der Waals surface area contributed by atoms with E-state index in [0.29, 0.717) is 6.54 Å². The van der Waals surface area contributed by atoms with Crippen LogP contribution in [0.5, 0.6) is 0 Å². The number of piperidine rings is 1. The third-order valence-corrected chi connectivity index (χ3v) is 4.49. The summed E-state index contributed by atoms with van der Waals surface area (Å²) in [6.07, 6.45) is 0.866. The molecule has 8 heteroatoms. The molecule has 7 nitrogen and oxygen atoms in total. The van der Waals surface area contributed by atoms with Gasteiger partial charge in [0.2, 0.25) is 0 Å². The molecule has 100 valence electrons. The summed E-state index contributed by atoms with van der Waals surface area (Å²) in [6, 6.07) is -0.0942. The zero-order chi connectivity index (χ0) is 13.1. The molecule has 0 amide bonds. The van der Waals surface area contributed by atoms with Gasteiger partial charge in [-0.2, -0.15) is 17.4 Å². The number of hydrogen-bond acceptors (Lipinski definition) is 4. The van der Waals surface area contributed by atoms with E-state index in [0.717, 1.165) is 19.3 Å². The smallest absolute Gasteiger partial charge is 0.333 e. The molecule has 3 N–H and O–H groups in total. The Morgan fingerprint density at radius 1 is 1.53 bits per heavy atom. The van der Waals surface area contributed by atoms with Crippen LogP contribution in [0.3, 0.4) is 0 Å². The molecule has 1 rings (SSSR count). The van der Waals surface area contributed by atoms with E-state index >= 15 is 0 Å². The number of carboxylic acid groups (broad SMARTS) is 1.